The summed E-state index contributed by atoms with van der Waals surface area (Å²) in [6.45, 7) is 8.51. The molecule has 1 aliphatic rings. The first-order valence-electron chi connectivity index (χ1n) is 10.1. The van der Waals surface area contributed by atoms with Crippen LogP contribution in [0.4, 0.5) is 4.39 Å². The van der Waals surface area contributed by atoms with Gasteiger partial charge in [0.05, 0.1) is 0 Å². The molecule has 3 rings (SSSR count). The summed E-state index contributed by atoms with van der Waals surface area (Å²) >= 11 is 5.98. The second-order valence-corrected chi connectivity index (χ2v) is 7.91. The molecule has 0 amide bonds. The number of nitrogens with zero attached hydrogens (tertiary/aromatic N) is 2. The standard InChI is InChI=1S/C23H28ClFN2O2.2ClH/c1-18-17-20(24)6-9-23(18)29-16-15-27-13-11-26(12-14-27)10-2-3-22(28)19-4-7-21(25)8-5-19;;/h4-9,17H,2-3,10-16H2,1H3;2*1H. The molecule has 0 bridgehead atoms. The maximum absolute atomic E-state index is 12.9. The van der Waals surface area contributed by atoms with Gasteiger partial charge in [0.15, 0.2) is 5.78 Å². The summed E-state index contributed by atoms with van der Waals surface area (Å²) in [4.78, 5) is 17.0. The summed E-state index contributed by atoms with van der Waals surface area (Å²) in [5.74, 6) is 0.658. The average molecular weight is 492 g/mol. The van der Waals surface area contributed by atoms with Crippen LogP contribution < -0.4 is 4.74 Å². The van der Waals surface area contributed by atoms with Gasteiger partial charge in [-0.3, -0.25) is 9.69 Å². The minimum Gasteiger partial charge on any atom is -0.492 e. The van der Waals surface area contributed by atoms with Crippen LogP contribution in [0.1, 0.15) is 28.8 Å². The summed E-state index contributed by atoms with van der Waals surface area (Å²) in [6.07, 6.45) is 1.33. The van der Waals surface area contributed by atoms with Crippen molar-refractivity contribution in [2.45, 2.75) is 19.8 Å². The third-order valence-corrected chi connectivity index (χ3v) is 5.55. The van der Waals surface area contributed by atoms with Gasteiger partial charge in [-0.1, -0.05) is 11.6 Å². The molecule has 0 radical (unpaired) electrons. The predicted octanol–water partition coefficient (Wildman–Crippen LogP) is 5.29. The number of ketones is 1. The zero-order valence-electron chi connectivity index (χ0n) is 17.7. The quantitative estimate of drug-likeness (QED) is 0.446. The number of Topliss-reactive ketones (excluding diaryl/α,β-unsaturated/α-hetero) is 1. The first-order valence-corrected chi connectivity index (χ1v) is 10.5. The molecule has 0 aromatic heterocycles. The second-order valence-electron chi connectivity index (χ2n) is 7.48. The molecule has 0 spiro atoms. The summed E-state index contributed by atoms with van der Waals surface area (Å²) in [5.41, 5.74) is 1.64. The van der Waals surface area contributed by atoms with E-state index in [1.54, 1.807) is 12.1 Å². The Morgan fingerprint density at radius 1 is 1.00 bits per heavy atom. The molecule has 31 heavy (non-hydrogen) atoms. The van der Waals surface area contributed by atoms with Gasteiger partial charge in [-0.05, 0) is 67.9 Å². The molecule has 172 valence electrons. The number of piperazine rings is 1. The zero-order valence-corrected chi connectivity index (χ0v) is 20.1. The Balaban J connectivity index is 0.00000240. The van der Waals surface area contributed by atoms with Crippen LogP contribution in [-0.2, 0) is 0 Å². The number of rotatable bonds is 9. The van der Waals surface area contributed by atoms with Crippen LogP contribution in [-0.4, -0.2) is 61.5 Å². The minimum absolute atomic E-state index is 0. The molecule has 8 heteroatoms. The number of ether oxygens (including phenoxy) is 1. The number of benzene rings is 2. The van der Waals surface area contributed by atoms with Crippen LogP contribution in [0.2, 0.25) is 5.02 Å². The van der Waals surface area contributed by atoms with Crippen molar-refractivity contribution >= 4 is 42.2 Å². The molecule has 2 aromatic carbocycles. The SMILES string of the molecule is Cc1cc(Cl)ccc1OCCN1CCN(CCCC(=O)c2ccc(F)cc2)CC1.Cl.Cl. The fraction of sp³-hybridized carbons (Fsp3) is 0.435. The van der Waals surface area contributed by atoms with Gasteiger partial charge in [0.2, 0.25) is 0 Å². The van der Waals surface area contributed by atoms with E-state index in [0.29, 0.717) is 18.6 Å². The highest BCUT2D eigenvalue weighted by atomic mass is 35.5. The number of halogens is 4. The molecule has 1 aliphatic heterocycles. The van der Waals surface area contributed by atoms with E-state index >= 15 is 0 Å². The van der Waals surface area contributed by atoms with E-state index in [4.69, 9.17) is 16.3 Å². The van der Waals surface area contributed by atoms with Crippen LogP contribution in [0.25, 0.3) is 0 Å². The molecule has 0 atom stereocenters. The summed E-state index contributed by atoms with van der Waals surface area (Å²) in [7, 11) is 0. The lowest BCUT2D eigenvalue weighted by molar-refractivity contribution is 0.0953. The topological polar surface area (TPSA) is 32.8 Å². The van der Waals surface area contributed by atoms with Crippen molar-refractivity contribution in [2.24, 2.45) is 0 Å². The maximum atomic E-state index is 12.9. The normalized spacial score (nSPS) is 14.4. The molecule has 0 N–H and O–H groups in total. The van der Waals surface area contributed by atoms with E-state index < -0.39 is 0 Å². The highest BCUT2D eigenvalue weighted by Crippen LogP contribution is 2.21. The summed E-state index contributed by atoms with van der Waals surface area (Å²) < 4.78 is 18.8. The van der Waals surface area contributed by atoms with E-state index in [1.165, 1.54) is 12.1 Å². The fourth-order valence-corrected chi connectivity index (χ4v) is 3.77. The van der Waals surface area contributed by atoms with E-state index in [9.17, 15) is 9.18 Å². The third kappa shape index (κ3) is 8.95. The molecular weight excluding hydrogens is 462 g/mol. The largest absolute Gasteiger partial charge is 0.492 e. The maximum Gasteiger partial charge on any atom is 0.162 e. The average Bonchev–Trinajstić information content (AvgIpc) is 2.71. The summed E-state index contributed by atoms with van der Waals surface area (Å²) in [5, 5.41) is 0.727. The minimum atomic E-state index is -0.312. The van der Waals surface area contributed by atoms with Crippen molar-refractivity contribution in [3.8, 4) is 5.75 Å². The number of hydrogen-bond donors (Lipinski definition) is 0. The third-order valence-electron chi connectivity index (χ3n) is 5.31. The lowest BCUT2D eigenvalue weighted by Gasteiger charge is -2.34. The molecule has 4 nitrogen and oxygen atoms in total. The smallest absolute Gasteiger partial charge is 0.162 e. The van der Waals surface area contributed by atoms with Crippen LogP contribution in [0.3, 0.4) is 0 Å². The molecule has 1 saturated heterocycles. The van der Waals surface area contributed by atoms with Crippen molar-refractivity contribution in [1.29, 1.82) is 0 Å². The Hall–Kier alpha value is -1.37. The van der Waals surface area contributed by atoms with Crippen LogP contribution in [0.5, 0.6) is 5.75 Å². The first-order chi connectivity index (χ1) is 14.0. The van der Waals surface area contributed by atoms with Crippen molar-refractivity contribution in [1.82, 2.24) is 9.80 Å². The second kappa shape index (κ2) is 13.9. The summed E-state index contributed by atoms with van der Waals surface area (Å²) in [6, 6.07) is 11.5. The predicted molar refractivity (Wildman–Crippen MR) is 129 cm³/mol. The fourth-order valence-electron chi connectivity index (χ4n) is 3.54. The molecular formula is C23H30Cl3FN2O2. The van der Waals surface area contributed by atoms with Gasteiger partial charge in [-0.25, -0.2) is 4.39 Å². The number of aryl methyl sites for hydroxylation is 1. The lowest BCUT2D eigenvalue weighted by Crippen LogP contribution is -2.47. The monoisotopic (exact) mass is 490 g/mol. The highest BCUT2D eigenvalue weighted by Gasteiger charge is 2.17. The first kappa shape index (κ1) is 27.7. The molecule has 2 aromatic rings. The number of carbonyl (C=O) groups excluding carboxylic acids is 1. The van der Waals surface area contributed by atoms with Gasteiger partial charge in [-0.2, -0.15) is 0 Å². The Morgan fingerprint density at radius 2 is 1.61 bits per heavy atom. The van der Waals surface area contributed by atoms with Gasteiger partial charge in [-0.15, -0.1) is 24.8 Å². The molecule has 1 heterocycles. The van der Waals surface area contributed by atoms with Gasteiger partial charge in [0.1, 0.15) is 18.2 Å². The highest BCUT2D eigenvalue weighted by molar-refractivity contribution is 6.30. The van der Waals surface area contributed by atoms with Crippen LogP contribution in [0.15, 0.2) is 42.5 Å². The van der Waals surface area contributed by atoms with Gasteiger partial charge >= 0.3 is 0 Å². The molecule has 1 fully saturated rings. The van der Waals surface area contributed by atoms with Crippen molar-refractivity contribution < 1.29 is 13.9 Å². The van der Waals surface area contributed by atoms with E-state index in [2.05, 4.69) is 9.80 Å². The van der Waals surface area contributed by atoms with Gasteiger partial charge in [0.25, 0.3) is 0 Å². The number of carbonyl (C=O) groups is 1. The molecule has 0 unspecified atom stereocenters. The Kier molecular flexibility index (Phi) is 12.4. The Labute approximate surface area is 201 Å². The van der Waals surface area contributed by atoms with Crippen LogP contribution >= 0.6 is 36.4 Å². The van der Waals surface area contributed by atoms with Gasteiger partial charge < -0.3 is 9.64 Å². The molecule has 0 aliphatic carbocycles. The number of hydrogen-bond acceptors (Lipinski definition) is 4. The van der Waals surface area contributed by atoms with E-state index in [0.717, 1.165) is 62.0 Å². The zero-order chi connectivity index (χ0) is 20.6. The van der Waals surface area contributed by atoms with E-state index in [1.807, 2.05) is 25.1 Å². The van der Waals surface area contributed by atoms with Gasteiger partial charge in [0, 0.05) is 49.7 Å². The van der Waals surface area contributed by atoms with Crippen molar-refractivity contribution in [2.75, 3.05) is 45.9 Å². The van der Waals surface area contributed by atoms with E-state index in [-0.39, 0.29) is 36.4 Å². The lowest BCUT2D eigenvalue weighted by atomic mass is 10.1. The van der Waals surface area contributed by atoms with Crippen LogP contribution in [0, 0.1) is 12.7 Å². The van der Waals surface area contributed by atoms with Crippen molar-refractivity contribution in [3.63, 3.8) is 0 Å². The Bertz CT molecular complexity index is 813. The van der Waals surface area contributed by atoms with Crippen molar-refractivity contribution in [3.05, 3.63) is 64.4 Å². The Morgan fingerprint density at radius 3 is 2.23 bits per heavy atom. The molecule has 0 saturated carbocycles.